The van der Waals surface area contributed by atoms with E-state index in [9.17, 15) is 10.1 Å². The third-order valence-corrected chi connectivity index (χ3v) is 14.2. The maximum atomic E-state index is 13.7. The van der Waals surface area contributed by atoms with Crippen molar-refractivity contribution in [2.75, 3.05) is 25.1 Å². The van der Waals surface area contributed by atoms with Gasteiger partial charge in [0.15, 0.2) is 5.65 Å². The van der Waals surface area contributed by atoms with Crippen molar-refractivity contribution in [3.63, 3.8) is 0 Å². The largest absolute Gasteiger partial charge is 0.461 e. The highest BCUT2D eigenvalue weighted by Crippen LogP contribution is 2.36. The summed E-state index contributed by atoms with van der Waals surface area (Å²) in [6.07, 6.45) is 3.16. The third kappa shape index (κ3) is 7.58. The molecule has 52 heavy (non-hydrogen) atoms. The molecule has 0 unspecified atom stereocenters. The summed E-state index contributed by atoms with van der Waals surface area (Å²) in [6, 6.07) is 31.4. The van der Waals surface area contributed by atoms with Gasteiger partial charge in [0.05, 0.1) is 37.3 Å². The molecule has 6 rings (SSSR count). The Hall–Kier alpha value is -5.45. The summed E-state index contributed by atoms with van der Waals surface area (Å²) >= 11 is 6.40. The molecule has 0 saturated carbocycles. The summed E-state index contributed by atoms with van der Waals surface area (Å²) in [6.45, 7) is 8.88. The third-order valence-electron chi connectivity index (χ3n) is 8.72. The van der Waals surface area contributed by atoms with Gasteiger partial charge >= 0.3 is 0 Å². The maximum Gasteiger partial charge on any atom is 0.269 e. The minimum Gasteiger partial charge on any atom is -0.461 e. The number of nitriles is 1. The molecule has 0 aliphatic heterocycles. The lowest BCUT2D eigenvalue weighted by molar-refractivity contribution is -0.125. The summed E-state index contributed by atoms with van der Waals surface area (Å²) in [4.78, 5) is 26.7. The SMILES string of the molecule is Cc1c(Cl)cccc1-n1ncc2c(O[C@@H](COCCO[Si](c3ccccc3)(c3ccccc3)C(C)(C)C)C(=O)Nc3ccc(C#N)cn3)ncnc21. The number of nitrogens with one attached hydrogen (secondary N) is 1. The van der Waals surface area contributed by atoms with Gasteiger partial charge in [0.2, 0.25) is 12.0 Å². The number of anilines is 1. The van der Waals surface area contributed by atoms with Crippen LogP contribution in [0.5, 0.6) is 5.88 Å². The number of pyridine rings is 1. The minimum absolute atomic E-state index is 0.126. The zero-order chi connectivity index (χ0) is 36.7. The van der Waals surface area contributed by atoms with Crippen LogP contribution in [0.2, 0.25) is 10.1 Å². The van der Waals surface area contributed by atoms with Crippen molar-refractivity contribution in [1.29, 1.82) is 5.26 Å². The van der Waals surface area contributed by atoms with E-state index in [0.717, 1.165) is 21.6 Å². The Balaban J connectivity index is 1.24. The molecule has 0 spiro atoms. The lowest BCUT2D eigenvalue weighted by atomic mass is 10.2. The van der Waals surface area contributed by atoms with Crippen molar-refractivity contribution >= 4 is 53.1 Å². The van der Waals surface area contributed by atoms with Crippen LogP contribution in [0.25, 0.3) is 16.7 Å². The Morgan fingerprint density at radius 2 is 1.63 bits per heavy atom. The Bertz CT molecular complexity index is 2150. The number of aromatic nitrogens is 5. The lowest BCUT2D eigenvalue weighted by Crippen LogP contribution is -2.66. The van der Waals surface area contributed by atoms with Gasteiger partial charge in [-0.25, -0.2) is 19.6 Å². The number of benzene rings is 3. The monoisotopic (exact) mass is 731 g/mol. The highest BCUT2D eigenvalue weighted by molar-refractivity contribution is 6.99. The highest BCUT2D eigenvalue weighted by atomic mass is 35.5. The van der Waals surface area contributed by atoms with Crippen LogP contribution in [0.4, 0.5) is 5.82 Å². The van der Waals surface area contributed by atoms with Crippen molar-refractivity contribution in [3.8, 4) is 17.6 Å². The standard InChI is InChI=1S/C39H38ClN7O4Si/c1-27-32(40)16-11-17-33(27)47-36-31(24-45-47)38(44-26-43-36)51-34(37(48)46-35-19-18-28(22-41)23-42-35)25-49-20-21-50-52(39(2,3)4,29-12-7-5-8-13-29)30-14-9-6-10-15-30/h5-19,23-24,26,34H,20-21,25H2,1-4H3,(H,42,46,48)/t34-/m0/s1. The minimum atomic E-state index is -2.79. The number of ether oxygens (including phenoxy) is 2. The number of amides is 1. The second-order valence-corrected chi connectivity index (χ2v) is 17.8. The Labute approximate surface area is 308 Å². The Morgan fingerprint density at radius 1 is 0.923 bits per heavy atom. The fourth-order valence-electron chi connectivity index (χ4n) is 6.16. The van der Waals surface area contributed by atoms with Gasteiger partial charge in [-0.2, -0.15) is 10.4 Å². The van der Waals surface area contributed by atoms with Gasteiger partial charge < -0.3 is 19.2 Å². The van der Waals surface area contributed by atoms with Gasteiger partial charge in [-0.1, -0.05) is 99.1 Å². The molecule has 0 saturated heterocycles. The van der Waals surface area contributed by atoms with E-state index in [4.69, 9.17) is 25.5 Å². The number of carbonyl (C=O) groups excluding carboxylic acids is 1. The zero-order valence-corrected chi connectivity index (χ0v) is 31.0. The van der Waals surface area contributed by atoms with Gasteiger partial charge in [-0.05, 0) is 52.2 Å². The van der Waals surface area contributed by atoms with Crippen LogP contribution in [0.3, 0.4) is 0 Å². The predicted octanol–water partition coefficient (Wildman–Crippen LogP) is 6.02. The van der Waals surface area contributed by atoms with Crippen LogP contribution >= 0.6 is 11.6 Å². The molecule has 0 bridgehead atoms. The first-order valence-corrected chi connectivity index (χ1v) is 19.0. The van der Waals surface area contributed by atoms with Crippen LogP contribution in [0.15, 0.2) is 110 Å². The van der Waals surface area contributed by atoms with Crippen LogP contribution in [-0.4, -0.2) is 64.9 Å². The van der Waals surface area contributed by atoms with Gasteiger partial charge in [0.1, 0.15) is 23.6 Å². The number of rotatable bonds is 13. The van der Waals surface area contributed by atoms with E-state index < -0.39 is 20.3 Å². The number of hydrogen-bond acceptors (Lipinski definition) is 9. The molecule has 1 amide bonds. The van der Waals surface area contributed by atoms with E-state index in [2.05, 4.69) is 70.4 Å². The predicted molar refractivity (Wildman–Crippen MR) is 203 cm³/mol. The second-order valence-electron chi connectivity index (χ2n) is 13.1. The molecular weight excluding hydrogens is 694 g/mol. The molecule has 1 atom stereocenters. The molecule has 0 aliphatic rings. The van der Waals surface area contributed by atoms with Gasteiger partial charge in [-0.3, -0.25) is 4.79 Å². The van der Waals surface area contributed by atoms with E-state index >= 15 is 0 Å². The average molecular weight is 732 g/mol. The molecule has 0 fully saturated rings. The molecule has 264 valence electrons. The van der Waals surface area contributed by atoms with Crippen molar-refractivity contribution < 1.29 is 18.7 Å². The fourth-order valence-corrected chi connectivity index (χ4v) is 10.9. The summed E-state index contributed by atoms with van der Waals surface area (Å²) in [5.74, 6) is -0.115. The number of nitrogens with zero attached hydrogens (tertiary/aromatic N) is 6. The first kappa shape index (κ1) is 36.3. The summed E-state index contributed by atoms with van der Waals surface area (Å²) in [7, 11) is -2.79. The summed E-state index contributed by atoms with van der Waals surface area (Å²) in [5, 5.41) is 19.7. The molecule has 6 aromatic rings. The van der Waals surface area contributed by atoms with E-state index in [1.54, 1.807) is 29.1 Å². The van der Waals surface area contributed by atoms with Gasteiger partial charge in [-0.15, -0.1) is 0 Å². The number of carbonyl (C=O) groups is 1. The molecule has 3 aromatic carbocycles. The maximum absolute atomic E-state index is 13.7. The van der Waals surface area contributed by atoms with E-state index in [0.29, 0.717) is 21.6 Å². The molecule has 0 radical (unpaired) electrons. The molecular formula is C39H38ClN7O4Si. The quantitative estimate of drug-likeness (QED) is 0.112. The Kier molecular flexibility index (Phi) is 11.1. The average Bonchev–Trinajstić information content (AvgIpc) is 3.59. The Morgan fingerprint density at radius 3 is 2.27 bits per heavy atom. The van der Waals surface area contributed by atoms with Gasteiger partial charge in [0, 0.05) is 11.2 Å². The second kappa shape index (κ2) is 15.8. The van der Waals surface area contributed by atoms with Crippen molar-refractivity contribution in [2.24, 2.45) is 0 Å². The van der Waals surface area contributed by atoms with Crippen molar-refractivity contribution in [3.05, 3.63) is 126 Å². The fraction of sp³-hybridized carbons (Fsp3) is 0.231. The summed E-state index contributed by atoms with van der Waals surface area (Å²) < 4.78 is 21.0. The van der Waals surface area contributed by atoms with Crippen LogP contribution in [0, 0.1) is 18.3 Å². The molecule has 3 aromatic heterocycles. The number of hydrogen-bond donors (Lipinski definition) is 1. The molecule has 11 nitrogen and oxygen atoms in total. The molecule has 0 aliphatic carbocycles. The molecule has 1 N–H and O–H groups in total. The highest BCUT2D eigenvalue weighted by Gasteiger charge is 2.50. The van der Waals surface area contributed by atoms with Crippen LogP contribution < -0.4 is 20.4 Å². The molecule has 13 heteroatoms. The van der Waals surface area contributed by atoms with Gasteiger partial charge in [0.25, 0.3) is 14.2 Å². The first-order chi connectivity index (χ1) is 25.1. The molecule has 3 heterocycles. The van der Waals surface area contributed by atoms with Crippen LogP contribution in [0.1, 0.15) is 31.9 Å². The van der Waals surface area contributed by atoms with Crippen LogP contribution in [-0.2, 0) is 14.0 Å². The number of halogens is 1. The van der Waals surface area contributed by atoms with E-state index in [1.165, 1.54) is 12.5 Å². The summed E-state index contributed by atoms with van der Waals surface area (Å²) in [5.41, 5.74) is 2.42. The zero-order valence-electron chi connectivity index (χ0n) is 29.3. The van der Waals surface area contributed by atoms with Crippen molar-refractivity contribution in [1.82, 2.24) is 24.7 Å². The van der Waals surface area contributed by atoms with E-state index in [1.807, 2.05) is 61.5 Å². The lowest BCUT2D eigenvalue weighted by Gasteiger charge is -2.43. The van der Waals surface area contributed by atoms with E-state index in [-0.39, 0.29) is 36.6 Å². The smallest absolute Gasteiger partial charge is 0.269 e. The number of fused-ring (bicyclic) bond motifs is 1. The van der Waals surface area contributed by atoms with Crippen molar-refractivity contribution in [2.45, 2.75) is 38.8 Å². The topological polar surface area (TPSA) is 137 Å². The normalized spacial score (nSPS) is 12.3. The first-order valence-electron chi connectivity index (χ1n) is 16.7.